The molecule has 1 heterocycles. The third-order valence-electron chi connectivity index (χ3n) is 5.36. The van der Waals surface area contributed by atoms with Crippen molar-refractivity contribution in [3.05, 3.63) is 88.5 Å². The molecule has 1 amide bonds. The lowest BCUT2D eigenvalue weighted by Crippen LogP contribution is -2.25. The van der Waals surface area contributed by atoms with E-state index in [-0.39, 0.29) is 28.5 Å². The first-order chi connectivity index (χ1) is 17.9. The van der Waals surface area contributed by atoms with E-state index in [1.165, 1.54) is 25.3 Å². The number of halogens is 4. The third kappa shape index (κ3) is 5.98. The van der Waals surface area contributed by atoms with Gasteiger partial charge < -0.3 is 9.47 Å². The summed E-state index contributed by atoms with van der Waals surface area (Å²) < 4.78 is 75.4. The van der Waals surface area contributed by atoms with Crippen molar-refractivity contribution in [2.24, 2.45) is 10.2 Å². The quantitative estimate of drug-likeness (QED) is 0.409. The van der Waals surface area contributed by atoms with Gasteiger partial charge in [0.25, 0.3) is 5.91 Å². The number of hydrogen-bond acceptors (Lipinski definition) is 6. The van der Waals surface area contributed by atoms with E-state index in [1.54, 1.807) is 24.3 Å². The normalized spacial score (nSPS) is 15.1. The van der Waals surface area contributed by atoms with Gasteiger partial charge in [-0.1, -0.05) is 29.8 Å². The summed E-state index contributed by atoms with van der Waals surface area (Å²) in [5, 5.41) is 9.63. The molecular formula is C25H19ClF3N3O5S. The number of benzene rings is 3. The van der Waals surface area contributed by atoms with Crippen molar-refractivity contribution in [1.82, 2.24) is 0 Å². The van der Waals surface area contributed by atoms with Gasteiger partial charge in [-0.25, -0.2) is 13.6 Å². The average Bonchev–Trinajstić information content (AvgIpc) is 3.20. The number of nitrogens with two attached hydrogens (primary N) is 1. The van der Waals surface area contributed by atoms with Crippen molar-refractivity contribution in [3.8, 4) is 11.5 Å². The molecule has 8 nitrogen and oxygen atoms in total. The molecule has 2 N–H and O–H groups in total. The Hall–Kier alpha value is -3.87. The lowest BCUT2D eigenvalue weighted by atomic mass is 10.1. The van der Waals surface area contributed by atoms with Crippen LogP contribution in [0.3, 0.4) is 0 Å². The Balaban J connectivity index is 1.63. The highest BCUT2D eigenvalue weighted by atomic mass is 35.5. The van der Waals surface area contributed by atoms with E-state index >= 15 is 0 Å². The molecule has 0 radical (unpaired) electrons. The van der Waals surface area contributed by atoms with E-state index in [0.717, 1.165) is 35.9 Å². The van der Waals surface area contributed by atoms with Gasteiger partial charge >= 0.3 is 6.18 Å². The Kier molecular flexibility index (Phi) is 7.49. The number of hydrogen-bond donors (Lipinski definition) is 1. The number of anilines is 1. The molecule has 3 aromatic rings. The highest BCUT2D eigenvalue weighted by Crippen LogP contribution is 2.35. The van der Waals surface area contributed by atoms with Crippen LogP contribution in [0.4, 0.5) is 18.9 Å². The summed E-state index contributed by atoms with van der Waals surface area (Å²) in [6.07, 6.45) is -3.90. The number of carbonyl (C=O) groups excluding carboxylic acids is 1. The van der Waals surface area contributed by atoms with Crippen molar-refractivity contribution in [2.45, 2.75) is 17.7 Å². The molecule has 1 aliphatic heterocycles. The summed E-state index contributed by atoms with van der Waals surface area (Å²) in [6.45, 7) is 0.191. The number of nitrogens with zero attached hydrogens (tertiary/aromatic N) is 2. The largest absolute Gasteiger partial charge is 0.493 e. The van der Waals surface area contributed by atoms with Crippen LogP contribution in [0.15, 0.2) is 82.3 Å². The van der Waals surface area contributed by atoms with Crippen LogP contribution in [0.5, 0.6) is 11.5 Å². The minimum atomic E-state index is -4.94. The van der Waals surface area contributed by atoms with E-state index in [2.05, 4.69) is 5.10 Å². The van der Waals surface area contributed by atoms with Gasteiger partial charge in [-0.2, -0.15) is 23.3 Å². The second-order valence-electron chi connectivity index (χ2n) is 7.99. The number of methoxy groups -OCH3 is 1. The predicted molar refractivity (Wildman–Crippen MR) is 136 cm³/mol. The molecule has 0 saturated heterocycles. The highest BCUT2D eigenvalue weighted by molar-refractivity contribution is 7.89. The molecule has 1 aliphatic rings. The lowest BCUT2D eigenvalue weighted by molar-refractivity contribution is -0.114. The average molecular weight is 566 g/mol. The minimum absolute atomic E-state index is 0.0731. The van der Waals surface area contributed by atoms with Crippen LogP contribution in [-0.2, 0) is 21.4 Å². The standard InChI is InChI=1S/C25H19ClF3N3O5S/c1-36-22-13-16(4-11-21(22)37-14-15-2-5-17(26)6-3-15)12-20-23(25(27,28)29)31-32(24(20)33)18-7-9-19(10-8-18)38(30,34)35/h2-13H,14H2,1H3,(H2,30,34,35)/b20-12-. The van der Waals surface area contributed by atoms with Crippen LogP contribution in [0.2, 0.25) is 5.02 Å². The Bertz CT molecular complexity index is 1540. The number of ether oxygens (including phenoxy) is 2. The topological polar surface area (TPSA) is 111 Å². The second kappa shape index (κ2) is 10.5. The Morgan fingerprint density at radius 1 is 1.03 bits per heavy atom. The van der Waals surface area contributed by atoms with Crippen LogP contribution in [-0.4, -0.2) is 33.3 Å². The molecule has 0 saturated carbocycles. The van der Waals surface area contributed by atoms with Gasteiger partial charge in [0.15, 0.2) is 17.2 Å². The van der Waals surface area contributed by atoms with E-state index in [0.29, 0.717) is 15.8 Å². The first kappa shape index (κ1) is 27.2. The molecular weight excluding hydrogens is 547 g/mol. The zero-order chi connectivity index (χ0) is 27.7. The van der Waals surface area contributed by atoms with Gasteiger partial charge in [0.2, 0.25) is 10.0 Å². The zero-order valence-electron chi connectivity index (χ0n) is 19.6. The molecule has 0 unspecified atom stereocenters. The van der Waals surface area contributed by atoms with Crippen LogP contribution in [0.1, 0.15) is 11.1 Å². The summed E-state index contributed by atoms with van der Waals surface area (Å²) >= 11 is 5.88. The smallest absolute Gasteiger partial charge is 0.435 e. The number of carbonyl (C=O) groups is 1. The van der Waals surface area contributed by atoms with Crippen LogP contribution < -0.4 is 19.6 Å². The summed E-state index contributed by atoms with van der Waals surface area (Å²) in [6, 6.07) is 15.8. The van der Waals surface area contributed by atoms with E-state index < -0.39 is 33.4 Å². The minimum Gasteiger partial charge on any atom is -0.493 e. The van der Waals surface area contributed by atoms with Crippen LogP contribution >= 0.6 is 11.6 Å². The maximum Gasteiger partial charge on any atom is 0.435 e. The molecule has 13 heteroatoms. The second-order valence-corrected chi connectivity index (χ2v) is 9.98. The van der Waals surface area contributed by atoms with Gasteiger partial charge in [0, 0.05) is 5.02 Å². The number of primary sulfonamides is 1. The fourth-order valence-corrected chi connectivity index (χ4v) is 4.15. The molecule has 4 rings (SSSR count). The van der Waals surface area contributed by atoms with Crippen molar-refractivity contribution in [3.63, 3.8) is 0 Å². The van der Waals surface area contributed by atoms with Crippen molar-refractivity contribution in [1.29, 1.82) is 0 Å². The molecule has 0 aromatic heterocycles. The van der Waals surface area contributed by atoms with Crippen molar-refractivity contribution in [2.75, 3.05) is 12.1 Å². The number of sulfonamides is 1. The number of hydrazone groups is 1. The van der Waals surface area contributed by atoms with E-state index in [1.807, 2.05) is 0 Å². The molecule has 0 fully saturated rings. The van der Waals surface area contributed by atoms with Gasteiger partial charge in [0.05, 0.1) is 23.3 Å². The lowest BCUT2D eigenvalue weighted by Gasteiger charge is -2.13. The van der Waals surface area contributed by atoms with Gasteiger partial charge in [0.1, 0.15) is 6.61 Å². The summed E-state index contributed by atoms with van der Waals surface area (Å²) in [4.78, 5) is 12.7. The zero-order valence-corrected chi connectivity index (χ0v) is 21.1. The van der Waals surface area contributed by atoms with Gasteiger partial charge in [-0.15, -0.1) is 0 Å². The molecule has 0 aliphatic carbocycles. The van der Waals surface area contributed by atoms with E-state index in [4.69, 9.17) is 26.2 Å². The van der Waals surface area contributed by atoms with Gasteiger partial charge in [-0.3, -0.25) is 4.79 Å². The maximum atomic E-state index is 13.8. The molecule has 198 valence electrons. The maximum absolute atomic E-state index is 13.8. The fourth-order valence-electron chi connectivity index (χ4n) is 3.51. The molecule has 0 bridgehead atoms. The van der Waals surface area contributed by atoms with Crippen LogP contribution in [0.25, 0.3) is 6.08 Å². The van der Waals surface area contributed by atoms with Crippen molar-refractivity contribution >= 4 is 45.0 Å². The first-order valence-corrected chi connectivity index (χ1v) is 12.7. The number of amides is 1. The van der Waals surface area contributed by atoms with Crippen LogP contribution in [0, 0.1) is 0 Å². The first-order valence-electron chi connectivity index (χ1n) is 10.8. The summed E-state index contributed by atoms with van der Waals surface area (Å²) in [7, 11) is -2.66. The summed E-state index contributed by atoms with van der Waals surface area (Å²) in [5.41, 5.74) is -1.11. The number of rotatable bonds is 7. The summed E-state index contributed by atoms with van der Waals surface area (Å²) in [5.74, 6) is -0.481. The monoisotopic (exact) mass is 565 g/mol. The molecule has 0 spiro atoms. The van der Waals surface area contributed by atoms with Gasteiger partial charge in [-0.05, 0) is 65.7 Å². The molecule has 0 atom stereocenters. The molecule has 3 aromatic carbocycles. The van der Waals surface area contributed by atoms with Crippen molar-refractivity contribution < 1.29 is 35.9 Å². The molecule has 38 heavy (non-hydrogen) atoms. The Labute approximate surface area is 220 Å². The highest BCUT2D eigenvalue weighted by Gasteiger charge is 2.46. The number of alkyl halides is 3. The Morgan fingerprint density at radius 3 is 2.26 bits per heavy atom. The third-order valence-corrected chi connectivity index (χ3v) is 6.54. The van der Waals surface area contributed by atoms with E-state index in [9.17, 15) is 26.4 Å². The Morgan fingerprint density at radius 2 is 1.68 bits per heavy atom. The predicted octanol–water partition coefficient (Wildman–Crippen LogP) is 4.92. The SMILES string of the molecule is COc1cc(/C=C2\C(=O)N(c3ccc(S(N)(=O)=O)cc3)N=C2C(F)(F)F)ccc1OCc1ccc(Cl)cc1. The fraction of sp³-hybridized carbons (Fsp3) is 0.120.